The lowest BCUT2D eigenvalue weighted by atomic mass is 10.1. The van der Waals surface area contributed by atoms with Gasteiger partial charge in [-0.1, -0.05) is 0 Å². The van der Waals surface area contributed by atoms with Crippen molar-refractivity contribution in [3.63, 3.8) is 0 Å². The number of hydrazine groups is 1. The molecule has 1 aromatic heterocycles. The third-order valence-corrected chi connectivity index (χ3v) is 5.35. The number of pyridine rings is 1. The number of nitrogens with zero attached hydrogens (tertiary/aromatic N) is 4. The van der Waals surface area contributed by atoms with E-state index in [1.54, 1.807) is 67.1 Å². The maximum absolute atomic E-state index is 13.6. The predicted molar refractivity (Wildman–Crippen MR) is 131 cm³/mol. The lowest BCUT2D eigenvalue weighted by Crippen LogP contribution is -2.39. The van der Waals surface area contributed by atoms with Crippen molar-refractivity contribution in [1.82, 2.24) is 14.8 Å². The van der Waals surface area contributed by atoms with Crippen LogP contribution >= 0.6 is 0 Å². The van der Waals surface area contributed by atoms with Gasteiger partial charge in [-0.3, -0.25) is 9.80 Å². The number of halogens is 1. The van der Waals surface area contributed by atoms with Crippen LogP contribution in [0.4, 0.5) is 14.9 Å². The number of benzene rings is 1. The minimum absolute atomic E-state index is 0.0829. The van der Waals surface area contributed by atoms with Gasteiger partial charge in [-0.2, -0.15) is 0 Å². The summed E-state index contributed by atoms with van der Waals surface area (Å²) in [5, 5.41) is 1.43. The number of carbonyl (C=O) groups is 2. The molecule has 0 unspecified atom stereocenters. The molecule has 2 aromatic rings. The predicted octanol–water partition coefficient (Wildman–Crippen LogP) is 3.42. The summed E-state index contributed by atoms with van der Waals surface area (Å²) in [4.78, 5) is 32.6. The molecule has 1 saturated heterocycles. The fourth-order valence-corrected chi connectivity index (χ4v) is 3.52. The Hall–Kier alpha value is -3.66. The SMILES string of the molecule is COc1ccc(N(N)/C(=C\CN2CCN(C(=O)OC(C)(C)C)CCC2=O)c2ccc(F)cc2)cn1. The molecule has 1 fully saturated rings. The monoisotopic (exact) mass is 485 g/mol. The molecule has 0 spiro atoms. The molecule has 0 aliphatic carbocycles. The summed E-state index contributed by atoms with van der Waals surface area (Å²) < 4.78 is 24.1. The molecule has 3 rings (SSSR count). The Bertz CT molecular complexity index is 1050. The molecule has 0 bridgehead atoms. The highest BCUT2D eigenvalue weighted by molar-refractivity contribution is 5.80. The van der Waals surface area contributed by atoms with Crippen LogP contribution in [0.5, 0.6) is 5.88 Å². The molecule has 35 heavy (non-hydrogen) atoms. The van der Waals surface area contributed by atoms with Crippen LogP contribution in [-0.4, -0.2) is 65.7 Å². The fraction of sp³-hybridized carbons (Fsp3) is 0.400. The van der Waals surface area contributed by atoms with Gasteiger partial charge in [-0.05, 0) is 62.7 Å². The molecular formula is C25H32FN5O4. The van der Waals surface area contributed by atoms with E-state index < -0.39 is 11.7 Å². The van der Waals surface area contributed by atoms with E-state index >= 15 is 0 Å². The van der Waals surface area contributed by atoms with Crippen LogP contribution in [0, 0.1) is 5.82 Å². The van der Waals surface area contributed by atoms with E-state index in [9.17, 15) is 14.0 Å². The number of hydrogen-bond donors (Lipinski definition) is 1. The third-order valence-electron chi connectivity index (χ3n) is 5.35. The van der Waals surface area contributed by atoms with Gasteiger partial charge in [0.25, 0.3) is 0 Å². The summed E-state index contributed by atoms with van der Waals surface area (Å²) in [5.74, 6) is 6.41. The maximum atomic E-state index is 13.6. The summed E-state index contributed by atoms with van der Waals surface area (Å²) in [6, 6.07) is 9.36. The Labute approximate surface area is 204 Å². The van der Waals surface area contributed by atoms with Crippen LogP contribution < -0.4 is 15.6 Å². The van der Waals surface area contributed by atoms with Crippen LogP contribution in [0.25, 0.3) is 5.70 Å². The first-order valence-electron chi connectivity index (χ1n) is 11.3. The van der Waals surface area contributed by atoms with E-state index in [-0.39, 0.29) is 24.7 Å². The van der Waals surface area contributed by atoms with Gasteiger partial charge in [0.1, 0.15) is 11.4 Å². The fourth-order valence-electron chi connectivity index (χ4n) is 3.52. The first kappa shape index (κ1) is 26.0. The van der Waals surface area contributed by atoms with E-state index in [0.717, 1.165) is 0 Å². The highest BCUT2D eigenvalue weighted by Gasteiger charge is 2.27. The average Bonchev–Trinajstić information content (AvgIpc) is 3.00. The van der Waals surface area contributed by atoms with Gasteiger partial charge in [0.2, 0.25) is 11.8 Å². The van der Waals surface area contributed by atoms with Gasteiger partial charge in [-0.15, -0.1) is 0 Å². The molecule has 2 amide bonds. The van der Waals surface area contributed by atoms with Crippen molar-refractivity contribution in [2.45, 2.75) is 32.8 Å². The Morgan fingerprint density at radius 1 is 1.17 bits per heavy atom. The zero-order valence-corrected chi connectivity index (χ0v) is 20.5. The minimum atomic E-state index is -0.610. The molecule has 0 atom stereocenters. The van der Waals surface area contributed by atoms with Crippen molar-refractivity contribution < 1.29 is 23.5 Å². The van der Waals surface area contributed by atoms with Crippen molar-refractivity contribution in [2.24, 2.45) is 5.84 Å². The normalized spacial score (nSPS) is 15.0. The van der Waals surface area contributed by atoms with Crippen LogP contribution in [0.1, 0.15) is 32.8 Å². The standard InChI is InChI=1S/C25H32FN5O4/c1-25(2,3)35-24(33)30-14-12-23(32)29(15-16-30)13-11-21(18-5-7-19(26)8-6-18)31(27)20-9-10-22(34-4)28-17-20/h5-11,17H,12-16,27H2,1-4H3/b21-11-. The maximum Gasteiger partial charge on any atom is 0.410 e. The van der Waals surface area contributed by atoms with Crippen LogP contribution in [0.3, 0.4) is 0 Å². The number of hydrogen-bond acceptors (Lipinski definition) is 7. The van der Waals surface area contributed by atoms with E-state index in [0.29, 0.717) is 42.5 Å². The summed E-state index contributed by atoms with van der Waals surface area (Å²) in [6.45, 7) is 6.66. The molecule has 10 heteroatoms. The number of carbonyl (C=O) groups excluding carboxylic acids is 2. The van der Waals surface area contributed by atoms with Crippen molar-refractivity contribution in [3.8, 4) is 5.88 Å². The first-order valence-corrected chi connectivity index (χ1v) is 11.3. The van der Waals surface area contributed by atoms with Gasteiger partial charge < -0.3 is 19.3 Å². The van der Waals surface area contributed by atoms with E-state index in [2.05, 4.69) is 4.98 Å². The molecular weight excluding hydrogens is 453 g/mol. The van der Waals surface area contributed by atoms with E-state index in [1.165, 1.54) is 24.3 Å². The topological polar surface area (TPSA) is 101 Å². The summed E-state index contributed by atoms with van der Waals surface area (Å²) >= 11 is 0. The largest absolute Gasteiger partial charge is 0.481 e. The van der Waals surface area contributed by atoms with Gasteiger partial charge in [0, 0.05) is 38.7 Å². The highest BCUT2D eigenvalue weighted by Crippen LogP contribution is 2.24. The number of anilines is 1. The molecule has 1 aliphatic rings. The quantitative estimate of drug-likeness (QED) is 0.494. The third kappa shape index (κ3) is 7.16. The number of aromatic nitrogens is 1. The van der Waals surface area contributed by atoms with Crippen molar-refractivity contribution in [1.29, 1.82) is 0 Å². The van der Waals surface area contributed by atoms with E-state index in [4.69, 9.17) is 15.3 Å². The molecule has 2 heterocycles. The Balaban J connectivity index is 1.80. The van der Waals surface area contributed by atoms with Crippen LogP contribution in [0.2, 0.25) is 0 Å². The molecule has 1 aromatic carbocycles. The second-order valence-corrected chi connectivity index (χ2v) is 9.08. The molecule has 9 nitrogen and oxygen atoms in total. The first-order chi connectivity index (χ1) is 16.6. The average molecular weight is 486 g/mol. The second kappa shape index (κ2) is 11.2. The van der Waals surface area contributed by atoms with E-state index in [1.807, 2.05) is 0 Å². The van der Waals surface area contributed by atoms with Crippen molar-refractivity contribution in [3.05, 3.63) is 60.1 Å². The highest BCUT2D eigenvalue weighted by atomic mass is 19.1. The van der Waals surface area contributed by atoms with Gasteiger partial charge in [0.15, 0.2) is 0 Å². The molecule has 0 radical (unpaired) electrons. The summed E-state index contributed by atoms with van der Waals surface area (Å²) in [6.07, 6.45) is 3.12. The number of amides is 2. The number of ether oxygens (including phenoxy) is 2. The lowest BCUT2D eigenvalue weighted by molar-refractivity contribution is -0.129. The zero-order chi connectivity index (χ0) is 25.6. The number of rotatable bonds is 6. The Morgan fingerprint density at radius 2 is 1.89 bits per heavy atom. The molecule has 2 N–H and O–H groups in total. The summed E-state index contributed by atoms with van der Waals surface area (Å²) in [5.41, 5.74) is 1.21. The van der Waals surface area contributed by atoms with Crippen molar-refractivity contribution in [2.75, 3.05) is 38.3 Å². The van der Waals surface area contributed by atoms with Gasteiger partial charge >= 0.3 is 6.09 Å². The number of methoxy groups -OCH3 is 1. The molecule has 0 saturated carbocycles. The van der Waals surface area contributed by atoms with Crippen LogP contribution in [-0.2, 0) is 9.53 Å². The molecule has 1 aliphatic heterocycles. The lowest BCUT2D eigenvalue weighted by Gasteiger charge is -2.26. The smallest absolute Gasteiger partial charge is 0.410 e. The Kier molecular flexibility index (Phi) is 8.29. The van der Waals surface area contributed by atoms with Gasteiger partial charge in [-0.25, -0.2) is 20.0 Å². The van der Waals surface area contributed by atoms with Crippen LogP contribution in [0.15, 0.2) is 48.7 Å². The molecule has 188 valence electrons. The zero-order valence-electron chi connectivity index (χ0n) is 20.5. The second-order valence-electron chi connectivity index (χ2n) is 9.08. The summed E-state index contributed by atoms with van der Waals surface area (Å²) in [7, 11) is 1.52. The van der Waals surface area contributed by atoms with Gasteiger partial charge in [0.05, 0.1) is 24.7 Å². The Morgan fingerprint density at radius 3 is 2.49 bits per heavy atom. The number of nitrogens with two attached hydrogens (primary N) is 1. The minimum Gasteiger partial charge on any atom is -0.481 e. The van der Waals surface area contributed by atoms with Crippen molar-refractivity contribution >= 4 is 23.4 Å².